The molecule has 2 fully saturated rings. The van der Waals surface area contributed by atoms with Crippen molar-refractivity contribution >= 4 is 28.8 Å². The molecule has 226 valence electrons. The van der Waals surface area contributed by atoms with Gasteiger partial charge in [0.15, 0.2) is 0 Å². The van der Waals surface area contributed by atoms with E-state index < -0.39 is 12.2 Å². The molecule has 4 rings (SSSR count). The summed E-state index contributed by atoms with van der Waals surface area (Å²) in [7, 11) is 0. The van der Waals surface area contributed by atoms with E-state index in [9.17, 15) is 13.2 Å². The van der Waals surface area contributed by atoms with Crippen molar-refractivity contribution in [1.29, 1.82) is 0 Å². The van der Waals surface area contributed by atoms with Gasteiger partial charge in [0, 0.05) is 23.8 Å². The number of halogens is 4. The van der Waals surface area contributed by atoms with Crippen molar-refractivity contribution in [2.24, 2.45) is 9.98 Å². The van der Waals surface area contributed by atoms with Gasteiger partial charge in [-0.05, 0) is 43.4 Å². The number of nitrogens with zero attached hydrogens (tertiary/aromatic N) is 4. The molecule has 0 bridgehead atoms. The molecule has 2 aliphatic heterocycles. The van der Waals surface area contributed by atoms with Gasteiger partial charge in [0.25, 0.3) is 0 Å². The summed E-state index contributed by atoms with van der Waals surface area (Å²) < 4.78 is 39.8. The molecular weight excluding hydrogens is 551 g/mol. The molecule has 41 heavy (non-hydrogen) atoms. The average Bonchev–Trinajstić information content (AvgIpc) is 3.58. The molecule has 3 heterocycles. The van der Waals surface area contributed by atoms with Crippen molar-refractivity contribution in [1.82, 2.24) is 20.5 Å². The number of nitrogens with one attached hydrogen (secondary N) is 3. The van der Waals surface area contributed by atoms with E-state index in [1.54, 1.807) is 11.1 Å². The van der Waals surface area contributed by atoms with Crippen LogP contribution < -0.4 is 16.0 Å². The average molecular weight is 594 g/mol. The molecule has 11 heteroatoms. The van der Waals surface area contributed by atoms with E-state index in [1.165, 1.54) is 32.1 Å². The summed E-state index contributed by atoms with van der Waals surface area (Å²) in [5.41, 5.74) is 3.92. The van der Waals surface area contributed by atoms with Crippen molar-refractivity contribution in [3.63, 3.8) is 0 Å². The number of hydrogen-bond donors (Lipinski definition) is 3. The number of hydrogen-bond acceptors (Lipinski definition) is 7. The maximum Gasteiger partial charge on any atom is 0.410 e. The number of aliphatic imine (C=N–C) groups is 2. The largest absolute Gasteiger partial charge is 0.410 e. The van der Waals surface area contributed by atoms with Crippen LogP contribution in [0.1, 0.15) is 76.8 Å². The van der Waals surface area contributed by atoms with E-state index in [2.05, 4.69) is 50.7 Å². The predicted octanol–water partition coefficient (Wildman–Crippen LogP) is 7.08. The Bertz CT molecular complexity index is 1130. The summed E-state index contributed by atoms with van der Waals surface area (Å²) in [6.07, 6.45) is 6.21. The van der Waals surface area contributed by atoms with Gasteiger partial charge in [-0.15, -0.1) is 11.6 Å². The molecule has 1 saturated heterocycles. The van der Waals surface area contributed by atoms with Crippen LogP contribution in [-0.4, -0.2) is 58.7 Å². The maximum atomic E-state index is 13.3. The van der Waals surface area contributed by atoms with Gasteiger partial charge >= 0.3 is 6.18 Å². The van der Waals surface area contributed by atoms with Crippen molar-refractivity contribution in [3.05, 3.63) is 60.8 Å². The Morgan fingerprint density at radius 3 is 2.51 bits per heavy atom. The normalized spacial score (nSPS) is 19.9. The first kappa shape index (κ1) is 32.5. The van der Waals surface area contributed by atoms with Crippen molar-refractivity contribution in [2.45, 2.75) is 88.9 Å². The Kier molecular flexibility index (Phi) is 12.1. The first-order valence-electron chi connectivity index (χ1n) is 14.4. The fourth-order valence-corrected chi connectivity index (χ4v) is 5.43. The number of aromatic nitrogens is 1. The quantitative estimate of drug-likeness (QED) is 0.239. The molecule has 0 radical (unpaired) electrons. The van der Waals surface area contributed by atoms with Gasteiger partial charge in [0.05, 0.1) is 29.8 Å². The lowest BCUT2D eigenvalue weighted by atomic mass is 10.0. The van der Waals surface area contributed by atoms with Crippen LogP contribution in [0, 0.1) is 0 Å². The zero-order valence-electron chi connectivity index (χ0n) is 24.2. The predicted molar refractivity (Wildman–Crippen MR) is 163 cm³/mol. The van der Waals surface area contributed by atoms with Gasteiger partial charge in [0.1, 0.15) is 24.2 Å². The number of pyridine rings is 1. The summed E-state index contributed by atoms with van der Waals surface area (Å²) in [4.78, 5) is 14.7. The van der Waals surface area contributed by atoms with E-state index >= 15 is 0 Å². The van der Waals surface area contributed by atoms with Crippen molar-refractivity contribution < 1.29 is 13.2 Å². The van der Waals surface area contributed by atoms with E-state index in [1.807, 2.05) is 26.0 Å². The SMILES string of the molecule is C=C(CNC(=C)C1=NCN=C1CC)Nc1cc(C(CCC)N2CC(C(F)(F)F)NC2=C)ccn1.ClC1CCCCC1. The van der Waals surface area contributed by atoms with E-state index in [0.717, 1.165) is 29.8 Å². The monoisotopic (exact) mass is 593 g/mol. The molecule has 1 aliphatic carbocycles. The Morgan fingerprint density at radius 1 is 1.20 bits per heavy atom. The van der Waals surface area contributed by atoms with Gasteiger partial charge < -0.3 is 20.9 Å². The van der Waals surface area contributed by atoms with E-state index in [0.29, 0.717) is 42.2 Å². The molecule has 3 N–H and O–H groups in total. The van der Waals surface area contributed by atoms with Gasteiger partial charge in [0.2, 0.25) is 0 Å². The van der Waals surface area contributed by atoms with Crippen LogP contribution in [0.25, 0.3) is 0 Å². The minimum absolute atomic E-state index is 0.177. The number of rotatable bonds is 11. The molecule has 3 aliphatic rings. The van der Waals surface area contributed by atoms with Crippen LogP contribution in [0.15, 0.2) is 65.3 Å². The molecule has 0 aromatic carbocycles. The van der Waals surface area contributed by atoms with Crippen LogP contribution in [0.4, 0.5) is 19.0 Å². The van der Waals surface area contributed by atoms with Crippen LogP contribution in [0.2, 0.25) is 0 Å². The van der Waals surface area contributed by atoms with Crippen molar-refractivity contribution in [3.8, 4) is 0 Å². The van der Waals surface area contributed by atoms with Gasteiger partial charge in [-0.25, -0.2) is 4.98 Å². The second-order valence-electron chi connectivity index (χ2n) is 10.5. The Hall–Kier alpha value is -3.01. The molecule has 2 unspecified atom stereocenters. The second-order valence-corrected chi connectivity index (χ2v) is 11.1. The van der Waals surface area contributed by atoms with Crippen molar-refractivity contribution in [2.75, 3.05) is 25.1 Å². The molecule has 1 saturated carbocycles. The zero-order chi connectivity index (χ0) is 30.0. The van der Waals surface area contributed by atoms with Crippen LogP contribution in [-0.2, 0) is 0 Å². The van der Waals surface area contributed by atoms with Gasteiger partial charge in [-0.2, -0.15) is 13.2 Å². The highest BCUT2D eigenvalue weighted by molar-refractivity contribution is 6.48. The smallest absolute Gasteiger partial charge is 0.378 e. The standard InChI is InChI=1S/C24H32F3N7.C6H11Cl/c1-6-8-20(34-13-21(24(25,26)27)33-17(34)5)18-9-10-28-22(11-18)32-15(3)12-29-16(4)23-19(7-2)30-14-31-23;7-6-4-2-1-3-5-6/h9-11,20-21,29,33H,3-8,12-14H2,1-2H3,(H,28,32);6H,1-5H2. The van der Waals surface area contributed by atoms with Crippen LogP contribution in [0.3, 0.4) is 0 Å². The lowest BCUT2D eigenvalue weighted by Gasteiger charge is -2.30. The molecule has 0 spiro atoms. The summed E-state index contributed by atoms with van der Waals surface area (Å²) in [6, 6.07) is 1.80. The summed E-state index contributed by atoms with van der Waals surface area (Å²) in [5.74, 6) is 0.846. The summed E-state index contributed by atoms with van der Waals surface area (Å²) in [6.45, 7) is 16.6. The van der Waals surface area contributed by atoms with E-state index in [4.69, 9.17) is 11.6 Å². The highest BCUT2D eigenvalue weighted by Gasteiger charge is 2.46. The Balaban J connectivity index is 0.000000575. The second kappa shape index (κ2) is 15.3. The number of alkyl halides is 4. The molecule has 1 aromatic heterocycles. The van der Waals surface area contributed by atoms with Gasteiger partial charge in [-0.1, -0.05) is 59.3 Å². The third kappa shape index (κ3) is 9.51. The first-order valence-corrected chi connectivity index (χ1v) is 14.8. The number of anilines is 1. The van der Waals surface area contributed by atoms with Crippen LogP contribution >= 0.6 is 11.6 Å². The molecular formula is C30H43ClF3N7. The highest BCUT2D eigenvalue weighted by atomic mass is 35.5. The highest BCUT2D eigenvalue weighted by Crippen LogP contribution is 2.35. The summed E-state index contributed by atoms with van der Waals surface area (Å²) in [5, 5.41) is 9.37. The molecule has 2 atom stereocenters. The van der Waals surface area contributed by atoms with Gasteiger partial charge in [-0.3, -0.25) is 9.98 Å². The Labute approximate surface area is 247 Å². The maximum absolute atomic E-state index is 13.3. The minimum atomic E-state index is -4.33. The number of allylic oxidation sites excluding steroid dienone is 1. The molecule has 7 nitrogen and oxygen atoms in total. The molecule has 0 amide bonds. The third-order valence-corrected chi connectivity index (χ3v) is 7.74. The first-order chi connectivity index (χ1) is 19.5. The topological polar surface area (TPSA) is 76.9 Å². The fourth-order valence-electron chi connectivity index (χ4n) is 5.12. The fraction of sp³-hybridized carbons (Fsp3) is 0.567. The minimum Gasteiger partial charge on any atom is -0.378 e. The molecule has 1 aromatic rings. The third-order valence-electron chi connectivity index (χ3n) is 7.31. The lowest BCUT2D eigenvalue weighted by molar-refractivity contribution is -0.150. The zero-order valence-corrected chi connectivity index (χ0v) is 24.9. The summed E-state index contributed by atoms with van der Waals surface area (Å²) >= 11 is 5.82. The van der Waals surface area contributed by atoms with Crippen LogP contribution in [0.5, 0.6) is 0 Å². The van der Waals surface area contributed by atoms with E-state index in [-0.39, 0.29) is 18.4 Å². The lowest BCUT2D eigenvalue weighted by Crippen LogP contribution is -2.39. The Morgan fingerprint density at radius 2 is 1.93 bits per heavy atom.